The number of fused-ring (bicyclic) bond motifs is 1. The number of nitrogens with zero attached hydrogens (tertiary/aromatic N) is 5. The SMILES string of the molecule is Cc1cc(C)n2c(CNC[C@@H]3CCO[C@H]3c3ccnn3C)cnc2n1. The molecule has 1 aliphatic rings. The zero-order valence-corrected chi connectivity index (χ0v) is 14.9. The minimum Gasteiger partial charge on any atom is -0.372 e. The average Bonchev–Trinajstić information content (AvgIpc) is 3.27. The van der Waals surface area contributed by atoms with Crippen molar-refractivity contribution in [3.05, 3.63) is 47.3 Å². The van der Waals surface area contributed by atoms with Crippen LogP contribution in [-0.4, -0.2) is 37.3 Å². The zero-order chi connectivity index (χ0) is 17.4. The Morgan fingerprint density at radius 3 is 3.04 bits per heavy atom. The van der Waals surface area contributed by atoms with Gasteiger partial charge in [-0.1, -0.05) is 0 Å². The number of aryl methyl sites for hydroxylation is 3. The minimum atomic E-state index is 0.119. The third kappa shape index (κ3) is 3.05. The highest BCUT2D eigenvalue weighted by Gasteiger charge is 2.31. The van der Waals surface area contributed by atoms with Crippen LogP contribution in [0.5, 0.6) is 0 Å². The first-order valence-corrected chi connectivity index (χ1v) is 8.74. The van der Waals surface area contributed by atoms with E-state index < -0.39 is 0 Å². The smallest absolute Gasteiger partial charge is 0.234 e. The molecule has 25 heavy (non-hydrogen) atoms. The maximum absolute atomic E-state index is 5.95. The van der Waals surface area contributed by atoms with Gasteiger partial charge in [0.1, 0.15) is 6.10 Å². The fraction of sp³-hybridized carbons (Fsp3) is 0.500. The predicted octanol–water partition coefficient (Wildman–Crippen LogP) is 1.95. The Bertz CT molecular complexity index is 883. The van der Waals surface area contributed by atoms with Crippen molar-refractivity contribution in [1.82, 2.24) is 29.5 Å². The van der Waals surface area contributed by atoms with Gasteiger partial charge >= 0.3 is 0 Å². The van der Waals surface area contributed by atoms with E-state index in [1.165, 1.54) is 0 Å². The van der Waals surface area contributed by atoms with Crippen molar-refractivity contribution in [1.29, 1.82) is 0 Å². The number of hydrogen-bond donors (Lipinski definition) is 1. The van der Waals surface area contributed by atoms with Crippen LogP contribution < -0.4 is 5.32 Å². The molecule has 1 fully saturated rings. The summed E-state index contributed by atoms with van der Waals surface area (Å²) in [5.74, 6) is 1.22. The Labute approximate surface area is 147 Å². The highest BCUT2D eigenvalue weighted by molar-refractivity contribution is 5.35. The topological polar surface area (TPSA) is 69.3 Å². The molecule has 1 N–H and O–H groups in total. The Morgan fingerprint density at radius 1 is 1.36 bits per heavy atom. The molecule has 0 saturated carbocycles. The van der Waals surface area contributed by atoms with Crippen LogP contribution in [0.15, 0.2) is 24.5 Å². The van der Waals surface area contributed by atoms with E-state index in [1.807, 2.05) is 37.1 Å². The molecule has 4 rings (SSSR count). The van der Waals surface area contributed by atoms with Gasteiger partial charge in [0.05, 0.1) is 17.6 Å². The van der Waals surface area contributed by atoms with Crippen molar-refractivity contribution >= 4 is 5.78 Å². The lowest BCUT2D eigenvalue weighted by Crippen LogP contribution is -2.26. The molecule has 132 valence electrons. The van der Waals surface area contributed by atoms with Gasteiger partial charge in [0.15, 0.2) is 0 Å². The lowest BCUT2D eigenvalue weighted by molar-refractivity contribution is 0.0837. The predicted molar refractivity (Wildman–Crippen MR) is 94.2 cm³/mol. The highest BCUT2D eigenvalue weighted by atomic mass is 16.5. The summed E-state index contributed by atoms with van der Waals surface area (Å²) >= 11 is 0. The van der Waals surface area contributed by atoms with Crippen molar-refractivity contribution in [2.24, 2.45) is 13.0 Å². The van der Waals surface area contributed by atoms with Gasteiger partial charge in [0, 0.05) is 50.2 Å². The number of rotatable bonds is 5. The van der Waals surface area contributed by atoms with Crippen molar-refractivity contribution < 1.29 is 4.74 Å². The van der Waals surface area contributed by atoms with Crippen molar-refractivity contribution in [2.45, 2.75) is 32.9 Å². The molecule has 4 heterocycles. The van der Waals surface area contributed by atoms with Gasteiger partial charge in [0.2, 0.25) is 5.78 Å². The molecule has 0 aliphatic carbocycles. The monoisotopic (exact) mass is 340 g/mol. The first-order chi connectivity index (χ1) is 12.1. The van der Waals surface area contributed by atoms with Crippen LogP contribution >= 0.6 is 0 Å². The second-order valence-electron chi connectivity index (χ2n) is 6.77. The van der Waals surface area contributed by atoms with Crippen LogP contribution in [0.25, 0.3) is 5.78 Å². The molecule has 1 saturated heterocycles. The third-order valence-electron chi connectivity index (χ3n) is 4.94. The number of hydrogen-bond acceptors (Lipinski definition) is 5. The Morgan fingerprint density at radius 2 is 2.24 bits per heavy atom. The summed E-state index contributed by atoms with van der Waals surface area (Å²) in [5, 5.41) is 7.84. The van der Waals surface area contributed by atoms with Crippen LogP contribution in [0, 0.1) is 19.8 Å². The van der Waals surface area contributed by atoms with Gasteiger partial charge in [-0.15, -0.1) is 0 Å². The van der Waals surface area contributed by atoms with E-state index in [4.69, 9.17) is 4.74 Å². The van der Waals surface area contributed by atoms with Crippen molar-refractivity contribution in [3.63, 3.8) is 0 Å². The van der Waals surface area contributed by atoms with E-state index in [2.05, 4.69) is 37.8 Å². The average molecular weight is 340 g/mol. The molecule has 7 heteroatoms. The summed E-state index contributed by atoms with van der Waals surface area (Å²) in [4.78, 5) is 8.93. The Hall–Kier alpha value is -2.25. The number of nitrogens with one attached hydrogen (secondary N) is 1. The van der Waals surface area contributed by atoms with E-state index in [-0.39, 0.29) is 6.10 Å². The molecule has 1 aliphatic heterocycles. The maximum Gasteiger partial charge on any atom is 0.234 e. The van der Waals surface area contributed by atoms with Crippen LogP contribution in [0.1, 0.15) is 35.3 Å². The van der Waals surface area contributed by atoms with Gasteiger partial charge < -0.3 is 10.1 Å². The Balaban J connectivity index is 1.43. The van der Waals surface area contributed by atoms with E-state index in [1.54, 1.807) is 0 Å². The largest absolute Gasteiger partial charge is 0.372 e. The minimum absolute atomic E-state index is 0.119. The standard InChI is InChI=1S/C18H24N6O/c1-12-8-13(2)24-15(11-20-18(24)22-12)10-19-9-14-5-7-25-17(14)16-4-6-21-23(16)3/h4,6,8,11,14,17,19H,5,7,9-10H2,1-3H3/t14-,17+/m0/s1. The van der Waals surface area contributed by atoms with Crippen molar-refractivity contribution in [3.8, 4) is 0 Å². The quantitative estimate of drug-likeness (QED) is 0.769. The number of imidazole rings is 1. The molecule has 0 radical (unpaired) electrons. The molecule has 3 aromatic rings. The highest BCUT2D eigenvalue weighted by Crippen LogP contribution is 2.33. The molecular weight excluding hydrogens is 316 g/mol. The zero-order valence-electron chi connectivity index (χ0n) is 14.9. The third-order valence-corrected chi connectivity index (χ3v) is 4.94. The van der Waals surface area contributed by atoms with Crippen molar-refractivity contribution in [2.75, 3.05) is 13.2 Å². The van der Waals surface area contributed by atoms with E-state index in [9.17, 15) is 0 Å². The first-order valence-electron chi connectivity index (χ1n) is 8.74. The van der Waals surface area contributed by atoms with E-state index >= 15 is 0 Å². The normalized spacial score (nSPS) is 20.6. The summed E-state index contributed by atoms with van der Waals surface area (Å²) in [6.07, 6.45) is 4.92. The van der Waals surface area contributed by atoms with Crippen LogP contribution in [0.2, 0.25) is 0 Å². The molecule has 0 amide bonds. The lowest BCUT2D eigenvalue weighted by Gasteiger charge is -2.19. The summed E-state index contributed by atoms with van der Waals surface area (Å²) < 4.78 is 9.98. The van der Waals surface area contributed by atoms with E-state index in [0.717, 1.165) is 54.7 Å². The summed E-state index contributed by atoms with van der Waals surface area (Å²) in [6.45, 7) is 6.57. The van der Waals surface area contributed by atoms with Crippen LogP contribution in [0.3, 0.4) is 0 Å². The molecule has 2 atom stereocenters. The fourth-order valence-corrected chi connectivity index (χ4v) is 3.74. The molecule has 0 bridgehead atoms. The molecule has 7 nitrogen and oxygen atoms in total. The van der Waals surface area contributed by atoms with Gasteiger partial charge in [-0.05, 0) is 32.4 Å². The fourth-order valence-electron chi connectivity index (χ4n) is 3.74. The molecule has 0 spiro atoms. The maximum atomic E-state index is 5.95. The van der Waals surface area contributed by atoms with Crippen LogP contribution in [-0.2, 0) is 18.3 Å². The van der Waals surface area contributed by atoms with Gasteiger partial charge in [-0.25, -0.2) is 9.97 Å². The summed E-state index contributed by atoms with van der Waals surface area (Å²) in [7, 11) is 1.97. The number of ether oxygens (including phenoxy) is 1. The summed E-state index contributed by atoms with van der Waals surface area (Å²) in [6, 6.07) is 4.13. The van der Waals surface area contributed by atoms with E-state index in [0.29, 0.717) is 5.92 Å². The molecule has 3 aromatic heterocycles. The van der Waals surface area contributed by atoms with Gasteiger partial charge in [-0.2, -0.15) is 5.10 Å². The molecular formula is C18H24N6O. The molecule has 0 aromatic carbocycles. The summed E-state index contributed by atoms with van der Waals surface area (Å²) in [5.41, 5.74) is 4.44. The number of aromatic nitrogens is 5. The second-order valence-corrected chi connectivity index (χ2v) is 6.77. The van der Waals surface area contributed by atoms with Gasteiger partial charge in [-0.3, -0.25) is 9.08 Å². The Kier molecular flexibility index (Phi) is 4.27. The van der Waals surface area contributed by atoms with Gasteiger partial charge in [0.25, 0.3) is 0 Å². The lowest BCUT2D eigenvalue weighted by atomic mass is 9.99. The first kappa shape index (κ1) is 16.2. The second kappa shape index (κ2) is 6.57. The van der Waals surface area contributed by atoms with Crippen LogP contribution in [0.4, 0.5) is 0 Å². The molecule has 0 unspecified atom stereocenters.